The second-order valence-corrected chi connectivity index (χ2v) is 14.7. The monoisotopic (exact) mass is 619 g/mol. The van der Waals surface area contributed by atoms with Gasteiger partial charge in [-0.1, -0.05) is 6.07 Å². The predicted octanol–water partition coefficient (Wildman–Crippen LogP) is 1.28. The third kappa shape index (κ3) is 4.98. The van der Waals surface area contributed by atoms with Crippen molar-refractivity contribution >= 4 is 43.8 Å². The highest BCUT2D eigenvalue weighted by Gasteiger charge is 2.50. The fourth-order valence-corrected chi connectivity index (χ4v) is 8.53. The van der Waals surface area contributed by atoms with E-state index in [1.165, 1.54) is 17.0 Å². The molecular weight excluding hydrogens is 595 g/mol. The Labute approximate surface area is 231 Å². The number of imidazole rings is 1. The largest absolute Gasteiger partial charge is 0.387 e. The SMILES string of the molecule is O=P(O)(O)CP(=O)(O)OC[C@H]1O[C@@H](n2cnc3c(N4CC5(CCc6cc(F)ccc65)C4)nc(Cl)nc32)C(O)C1O. The van der Waals surface area contributed by atoms with Gasteiger partial charge in [-0.05, 0) is 47.7 Å². The lowest BCUT2D eigenvalue weighted by atomic mass is 9.75. The topological polar surface area (TPSA) is 201 Å². The summed E-state index contributed by atoms with van der Waals surface area (Å²) in [6, 6.07) is 4.87. The second-order valence-electron chi connectivity index (χ2n) is 10.4. The van der Waals surface area contributed by atoms with E-state index in [0.29, 0.717) is 24.4 Å². The molecule has 0 bridgehead atoms. The van der Waals surface area contributed by atoms with Crippen molar-refractivity contribution in [3.05, 3.63) is 46.8 Å². The van der Waals surface area contributed by atoms with Crippen molar-refractivity contribution in [2.75, 3.05) is 30.5 Å². The average molecular weight is 620 g/mol. The van der Waals surface area contributed by atoms with Crippen LogP contribution in [-0.4, -0.2) is 88.3 Å². The molecule has 2 aliphatic heterocycles. The maximum Gasteiger partial charge on any atom is 0.340 e. The first-order valence-electron chi connectivity index (χ1n) is 12.2. The molecule has 3 aliphatic rings. The quantitative estimate of drug-likeness (QED) is 0.187. The van der Waals surface area contributed by atoms with Crippen LogP contribution in [0.2, 0.25) is 5.28 Å². The van der Waals surface area contributed by atoms with E-state index in [-0.39, 0.29) is 22.2 Å². The molecule has 216 valence electrons. The van der Waals surface area contributed by atoms with Crippen LogP contribution >= 0.6 is 26.8 Å². The van der Waals surface area contributed by atoms with Gasteiger partial charge in [-0.2, -0.15) is 9.97 Å². The molecule has 0 radical (unpaired) electrons. The maximum atomic E-state index is 13.7. The lowest BCUT2D eigenvalue weighted by molar-refractivity contribution is -0.0483. The molecule has 3 unspecified atom stereocenters. The number of aliphatic hydroxyl groups excluding tert-OH is 2. The number of benzene rings is 1. The van der Waals surface area contributed by atoms with Crippen LogP contribution in [-0.2, 0) is 30.2 Å². The molecule has 5 atom stereocenters. The van der Waals surface area contributed by atoms with Gasteiger partial charge in [0.05, 0.1) is 12.9 Å². The van der Waals surface area contributed by atoms with Crippen LogP contribution in [0, 0.1) is 5.82 Å². The van der Waals surface area contributed by atoms with Crippen LogP contribution in [0.15, 0.2) is 24.5 Å². The van der Waals surface area contributed by atoms with E-state index >= 15 is 0 Å². The van der Waals surface area contributed by atoms with Gasteiger partial charge in [0.25, 0.3) is 0 Å². The molecule has 4 heterocycles. The molecule has 3 aromatic rings. The summed E-state index contributed by atoms with van der Waals surface area (Å²) in [6.07, 6.45) is -2.68. The first-order chi connectivity index (χ1) is 18.8. The van der Waals surface area contributed by atoms with Gasteiger partial charge in [-0.25, -0.2) is 9.37 Å². The van der Waals surface area contributed by atoms with Crippen LogP contribution in [0.5, 0.6) is 0 Å². The molecule has 1 aromatic carbocycles. The summed E-state index contributed by atoms with van der Waals surface area (Å²) in [5, 5.41) is 21.1. The van der Waals surface area contributed by atoms with Crippen LogP contribution in [0.25, 0.3) is 11.2 Å². The van der Waals surface area contributed by atoms with Crippen LogP contribution < -0.4 is 4.90 Å². The molecule has 14 nitrogen and oxygen atoms in total. The first kappa shape index (κ1) is 28.1. The van der Waals surface area contributed by atoms with E-state index in [9.17, 15) is 28.6 Å². The van der Waals surface area contributed by atoms with Gasteiger partial charge in [0, 0.05) is 18.5 Å². The lowest BCUT2D eigenvalue weighted by Crippen LogP contribution is -2.58. The Hall–Kier alpha value is -2.03. The Bertz CT molecular complexity index is 1580. The second kappa shape index (κ2) is 9.77. The van der Waals surface area contributed by atoms with E-state index in [1.807, 2.05) is 11.0 Å². The number of hydrogen-bond donors (Lipinski definition) is 5. The zero-order chi connectivity index (χ0) is 28.6. The number of nitrogens with zero attached hydrogens (tertiary/aromatic N) is 5. The van der Waals surface area contributed by atoms with Gasteiger partial charge < -0.3 is 39.1 Å². The third-order valence-corrected chi connectivity index (χ3v) is 11.2. The Morgan fingerprint density at radius 1 is 1.18 bits per heavy atom. The number of aryl methyl sites for hydroxylation is 1. The smallest absolute Gasteiger partial charge is 0.340 e. The molecule has 0 saturated carbocycles. The molecule has 2 aromatic heterocycles. The van der Waals surface area contributed by atoms with Crippen LogP contribution in [0.1, 0.15) is 23.8 Å². The van der Waals surface area contributed by atoms with Crippen molar-refractivity contribution in [2.45, 2.75) is 42.8 Å². The summed E-state index contributed by atoms with van der Waals surface area (Å²) >= 11 is 6.25. The third-order valence-electron chi connectivity index (χ3n) is 7.59. The Kier molecular flexibility index (Phi) is 6.87. The summed E-state index contributed by atoms with van der Waals surface area (Å²) in [5.74, 6) is -1.20. The zero-order valence-electron chi connectivity index (χ0n) is 20.6. The van der Waals surface area contributed by atoms with E-state index < -0.39 is 52.2 Å². The molecular formula is C22H25ClFN5O9P2. The summed E-state index contributed by atoms with van der Waals surface area (Å²) in [4.78, 5) is 42.6. The van der Waals surface area contributed by atoms with E-state index in [0.717, 1.165) is 24.0 Å². The Morgan fingerprint density at radius 3 is 2.65 bits per heavy atom. The number of ether oxygens (including phenoxy) is 1. The molecule has 18 heteroatoms. The van der Waals surface area contributed by atoms with Gasteiger partial charge >= 0.3 is 15.2 Å². The first-order valence-corrected chi connectivity index (χ1v) is 16.2. The van der Waals surface area contributed by atoms with Gasteiger partial charge in [0.2, 0.25) is 5.28 Å². The standard InChI is InChI=1S/C22H25ClFN5O9P2/c23-21-26-18(28-7-22(8-28)4-3-11-5-12(24)1-2-13(11)22)15-19(27-21)29(9-25-15)20-17(31)16(30)14(38-20)6-37-40(35,36)10-39(32,33)34/h1-2,5,9,14,16-17,20,30-31H,3-4,6-8,10H2,(H,35,36)(H2,32,33,34)/t14-,16?,17?,20-/m1/s1. The number of rotatable bonds is 7. The summed E-state index contributed by atoms with van der Waals surface area (Å²) < 4.78 is 48.5. The number of aromatic nitrogens is 4. The summed E-state index contributed by atoms with van der Waals surface area (Å²) in [6.45, 7) is 0.492. The van der Waals surface area contributed by atoms with E-state index in [4.69, 9.17) is 30.6 Å². The van der Waals surface area contributed by atoms with E-state index in [2.05, 4.69) is 15.0 Å². The molecule has 1 spiro atoms. The fraction of sp³-hybridized carbons (Fsp3) is 0.500. The minimum atomic E-state index is -4.85. The van der Waals surface area contributed by atoms with Crippen molar-refractivity contribution in [3.63, 3.8) is 0 Å². The molecule has 2 fully saturated rings. The van der Waals surface area contributed by atoms with Crippen molar-refractivity contribution in [1.82, 2.24) is 19.5 Å². The predicted molar refractivity (Wildman–Crippen MR) is 138 cm³/mol. The Morgan fingerprint density at radius 2 is 1.93 bits per heavy atom. The highest BCUT2D eigenvalue weighted by Crippen LogP contribution is 2.55. The number of hydrogen-bond acceptors (Lipinski definition) is 10. The maximum absolute atomic E-state index is 13.7. The summed E-state index contributed by atoms with van der Waals surface area (Å²) in [7, 11) is -9.55. The molecule has 0 amide bonds. The molecule has 40 heavy (non-hydrogen) atoms. The molecule has 2 saturated heterocycles. The number of fused-ring (bicyclic) bond motifs is 3. The minimum absolute atomic E-state index is 0.0920. The fourth-order valence-electron chi connectivity index (χ4n) is 5.80. The highest BCUT2D eigenvalue weighted by atomic mass is 35.5. The van der Waals surface area contributed by atoms with Gasteiger partial charge in [0.15, 0.2) is 29.1 Å². The van der Waals surface area contributed by atoms with Gasteiger partial charge in [0.1, 0.15) is 24.1 Å². The van der Waals surface area contributed by atoms with Crippen molar-refractivity contribution in [2.24, 2.45) is 0 Å². The highest BCUT2D eigenvalue weighted by molar-refractivity contribution is 7.70. The van der Waals surface area contributed by atoms with Gasteiger partial charge in [-0.15, -0.1) is 0 Å². The summed E-state index contributed by atoms with van der Waals surface area (Å²) in [5.41, 5.74) is 2.55. The van der Waals surface area contributed by atoms with Crippen LogP contribution in [0.4, 0.5) is 10.2 Å². The minimum Gasteiger partial charge on any atom is -0.387 e. The normalized spacial score (nSPS) is 27.2. The van der Waals surface area contributed by atoms with Crippen molar-refractivity contribution in [3.8, 4) is 0 Å². The lowest BCUT2D eigenvalue weighted by Gasteiger charge is -2.49. The number of halogens is 2. The number of anilines is 1. The average Bonchev–Trinajstić information content (AvgIpc) is 3.49. The molecule has 6 rings (SSSR count). The van der Waals surface area contributed by atoms with E-state index in [1.54, 1.807) is 6.07 Å². The van der Waals surface area contributed by atoms with Crippen molar-refractivity contribution in [1.29, 1.82) is 0 Å². The molecule has 1 aliphatic carbocycles. The number of aliphatic hydroxyl groups is 2. The van der Waals surface area contributed by atoms with Crippen molar-refractivity contribution < 1.29 is 47.7 Å². The zero-order valence-corrected chi connectivity index (χ0v) is 23.2. The van der Waals surface area contributed by atoms with Gasteiger partial charge in [-0.3, -0.25) is 13.7 Å². The molecule has 5 N–H and O–H groups in total. The van der Waals surface area contributed by atoms with Crippen LogP contribution in [0.3, 0.4) is 0 Å². The Balaban J connectivity index is 1.22.